The number of fused-ring (bicyclic) bond motifs is 1. The van der Waals surface area contributed by atoms with E-state index in [1.807, 2.05) is 6.07 Å². The van der Waals surface area contributed by atoms with Crippen LogP contribution in [-0.2, 0) is 14.4 Å². The number of nitrogens with two attached hydrogens (primary N) is 1. The van der Waals surface area contributed by atoms with E-state index in [-0.39, 0.29) is 6.42 Å². The van der Waals surface area contributed by atoms with Crippen LogP contribution in [0, 0.1) is 11.8 Å². The van der Waals surface area contributed by atoms with E-state index in [1.54, 1.807) is 55.5 Å². The highest BCUT2D eigenvalue weighted by molar-refractivity contribution is 6.20. The van der Waals surface area contributed by atoms with Crippen molar-refractivity contribution in [2.24, 2.45) is 22.6 Å². The lowest BCUT2D eigenvalue weighted by molar-refractivity contribution is -0.161. The predicted molar refractivity (Wildman–Crippen MR) is 126 cm³/mol. The van der Waals surface area contributed by atoms with E-state index < -0.39 is 48.3 Å². The van der Waals surface area contributed by atoms with Crippen molar-refractivity contribution in [3.8, 4) is 0 Å². The van der Waals surface area contributed by atoms with Gasteiger partial charge < -0.3 is 16.0 Å². The molecule has 3 atom stereocenters. The summed E-state index contributed by atoms with van der Waals surface area (Å²) in [4.78, 5) is 44.1. The van der Waals surface area contributed by atoms with Crippen LogP contribution in [0.1, 0.15) is 37.3 Å². The first-order valence-electron chi connectivity index (χ1n) is 11.2. The molecule has 3 rings (SSSR count). The molecule has 1 heterocycles. The van der Waals surface area contributed by atoms with Gasteiger partial charge in [-0.3, -0.25) is 14.4 Å². The SMILES string of the molecule is CCC[C@H](C(N)=O)[C@@H](CC(F)(F)F)C(=O)N[C@H]1N=C(c2ccccc2)c2ccccc2N(C)C1=O. The Labute approximate surface area is 201 Å². The summed E-state index contributed by atoms with van der Waals surface area (Å²) in [5.74, 6) is -5.86. The maximum Gasteiger partial charge on any atom is 0.389 e. The van der Waals surface area contributed by atoms with Crippen molar-refractivity contribution >= 4 is 29.1 Å². The number of para-hydroxylation sites is 1. The fourth-order valence-corrected chi connectivity index (χ4v) is 4.20. The standard InChI is InChI=1S/C25H27F3N4O3/c1-3-9-16(21(29)33)18(14-25(26,27)28)23(34)31-22-24(35)32(2)19-13-8-7-12-17(19)20(30-22)15-10-5-4-6-11-15/h4-8,10-13,16,18,22H,3,9,14H2,1-2H3,(H2,29,33)(H,31,34)/t16-,18+,22+/m0/s1. The predicted octanol–water partition coefficient (Wildman–Crippen LogP) is 3.41. The van der Waals surface area contributed by atoms with E-state index in [2.05, 4.69) is 10.3 Å². The first-order chi connectivity index (χ1) is 16.5. The maximum atomic E-state index is 13.3. The minimum Gasteiger partial charge on any atom is -0.369 e. The number of benzene rings is 2. The number of carbonyl (C=O) groups is 3. The summed E-state index contributed by atoms with van der Waals surface area (Å²) in [6.07, 6.45) is -7.40. The number of likely N-dealkylation sites (N-methyl/N-ethyl adjacent to an activating group) is 1. The van der Waals surface area contributed by atoms with Gasteiger partial charge in [0.1, 0.15) is 0 Å². The fraction of sp³-hybridized carbons (Fsp3) is 0.360. The second-order valence-electron chi connectivity index (χ2n) is 8.39. The monoisotopic (exact) mass is 488 g/mol. The molecule has 0 spiro atoms. The summed E-state index contributed by atoms with van der Waals surface area (Å²) in [7, 11) is 1.50. The van der Waals surface area contributed by atoms with Crippen molar-refractivity contribution in [1.29, 1.82) is 0 Å². The number of nitrogens with one attached hydrogen (secondary N) is 1. The molecule has 0 saturated heterocycles. The first-order valence-corrected chi connectivity index (χ1v) is 11.2. The summed E-state index contributed by atoms with van der Waals surface area (Å²) in [5.41, 5.74) is 7.57. The topological polar surface area (TPSA) is 105 Å². The number of rotatable bonds is 8. The molecule has 0 fully saturated rings. The Kier molecular flexibility index (Phi) is 7.93. The molecule has 0 bridgehead atoms. The number of halogens is 3. The van der Waals surface area contributed by atoms with Crippen LogP contribution in [0.5, 0.6) is 0 Å². The molecule has 35 heavy (non-hydrogen) atoms. The van der Waals surface area contributed by atoms with E-state index in [0.717, 1.165) is 0 Å². The molecule has 3 N–H and O–H groups in total. The zero-order valence-corrected chi connectivity index (χ0v) is 19.4. The Morgan fingerprint density at radius 1 is 1.09 bits per heavy atom. The highest BCUT2D eigenvalue weighted by Crippen LogP contribution is 2.32. The van der Waals surface area contributed by atoms with Crippen LogP contribution < -0.4 is 16.0 Å². The maximum absolute atomic E-state index is 13.3. The fourth-order valence-electron chi connectivity index (χ4n) is 4.20. The van der Waals surface area contributed by atoms with Gasteiger partial charge in [0, 0.05) is 24.1 Å². The zero-order chi connectivity index (χ0) is 25.8. The summed E-state index contributed by atoms with van der Waals surface area (Å²) >= 11 is 0. The second-order valence-corrected chi connectivity index (χ2v) is 8.39. The minimum absolute atomic E-state index is 0.00594. The average molecular weight is 489 g/mol. The van der Waals surface area contributed by atoms with Gasteiger partial charge in [-0.1, -0.05) is 61.9 Å². The third kappa shape index (κ3) is 6.06. The van der Waals surface area contributed by atoms with E-state index >= 15 is 0 Å². The van der Waals surface area contributed by atoms with Crippen LogP contribution in [-0.4, -0.2) is 42.8 Å². The van der Waals surface area contributed by atoms with Crippen LogP contribution in [0.2, 0.25) is 0 Å². The number of nitrogens with zero attached hydrogens (tertiary/aromatic N) is 2. The summed E-state index contributed by atoms with van der Waals surface area (Å²) in [5, 5.41) is 2.36. The quantitative estimate of drug-likeness (QED) is 0.595. The molecule has 1 aliphatic heterocycles. The van der Waals surface area contributed by atoms with Crippen molar-refractivity contribution in [1.82, 2.24) is 5.32 Å². The highest BCUT2D eigenvalue weighted by Gasteiger charge is 2.43. The van der Waals surface area contributed by atoms with Gasteiger partial charge in [-0.25, -0.2) is 4.99 Å². The Bertz CT molecular complexity index is 1120. The van der Waals surface area contributed by atoms with E-state index in [4.69, 9.17) is 5.73 Å². The van der Waals surface area contributed by atoms with Crippen molar-refractivity contribution in [3.05, 3.63) is 65.7 Å². The van der Waals surface area contributed by atoms with Gasteiger partial charge in [-0.05, 0) is 12.5 Å². The number of amides is 3. The third-order valence-electron chi connectivity index (χ3n) is 5.91. The first kappa shape index (κ1) is 25.9. The van der Waals surface area contributed by atoms with Gasteiger partial charge >= 0.3 is 6.18 Å². The molecule has 1 aliphatic rings. The molecule has 0 saturated carbocycles. The van der Waals surface area contributed by atoms with E-state index in [0.29, 0.717) is 28.9 Å². The van der Waals surface area contributed by atoms with Crippen LogP contribution >= 0.6 is 0 Å². The number of alkyl halides is 3. The van der Waals surface area contributed by atoms with Crippen LogP contribution in [0.4, 0.5) is 18.9 Å². The molecule has 0 aliphatic carbocycles. The molecule has 7 nitrogen and oxygen atoms in total. The number of benzodiazepines with no additional fused rings is 1. The highest BCUT2D eigenvalue weighted by atomic mass is 19.4. The molecule has 2 aromatic rings. The van der Waals surface area contributed by atoms with Crippen LogP contribution in [0.15, 0.2) is 59.6 Å². The van der Waals surface area contributed by atoms with Gasteiger partial charge in [0.25, 0.3) is 5.91 Å². The second kappa shape index (κ2) is 10.7. The largest absolute Gasteiger partial charge is 0.389 e. The molecule has 0 radical (unpaired) electrons. The Hall–Kier alpha value is -3.69. The summed E-state index contributed by atoms with van der Waals surface area (Å²) < 4.78 is 40.0. The van der Waals surface area contributed by atoms with Gasteiger partial charge in [-0.2, -0.15) is 13.2 Å². The lowest BCUT2D eigenvalue weighted by Crippen LogP contribution is -2.50. The molecular formula is C25H27F3N4O3. The molecule has 0 aromatic heterocycles. The Morgan fingerprint density at radius 3 is 2.31 bits per heavy atom. The van der Waals surface area contributed by atoms with E-state index in [1.165, 1.54) is 11.9 Å². The van der Waals surface area contributed by atoms with Crippen molar-refractivity contribution in [2.75, 3.05) is 11.9 Å². The smallest absolute Gasteiger partial charge is 0.369 e. The average Bonchev–Trinajstić information content (AvgIpc) is 2.91. The number of primary amides is 1. The molecule has 2 aromatic carbocycles. The van der Waals surface area contributed by atoms with Crippen molar-refractivity contribution < 1.29 is 27.6 Å². The number of anilines is 1. The van der Waals surface area contributed by atoms with Gasteiger partial charge in [0.15, 0.2) is 0 Å². The number of carbonyl (C=O) groups excluding carboxylic acids is 3. The van der Waals surface area contributed by atoms with Gasteiger partial charge in [-0.15, -0.1) is 0 Å². The summed E-state index contributed by atoms with van der Waals surface area (Å²) in [6, 6.07) is 15.9. The minimum atomic E-state index is -4.72. The summed E-state index contributed by atoms with van der Waals surface area (Å²) in [6.45, 7) is 1.68. The molecular weight excluding hydrogens is 461 g/mol. The third-order valence-corrected chi connectivity index (χ3v) is 5.91. The lowest BCUT2D eigenvalue weighted by atomic mass is 9.84. The number of hydrogen-bond acceptors (Lipinski definition) is 4. The lowest BCUT2D eigenvalue weighted by Gasteiger charge is -2.27. The molecule has 0 unspecified atom stereocenters. The van der Waals surface area contributed by atoms with E-state index in [9.17, 15) is 27.6 Å². The number of aliphatic imine (C=N–C) groups is 1. The zero-order valence-electron chi connectivity index (χ0n) is 19.4. The van der Waals surface area contributed by atoms with Gasteiger partial charge in [0.2, 0.25) is 18.0 Å². The van der Waals surface area contributed by atoms with Gasteiger partial charge in [0.05, 0.1) is 23.7 Å². The van der Waals surface area contributed by atoms with Crippen LogP contribution in [0.25, 0.3) is 0 Å². The van der Waals surface area contributed by atoms with Crippen molar-refractivity contribution in [2.45, 2.75) is 38.5 Å². The van der Waals surface area contributed by atoms with Crippen LogP contribution in [0.3, 0.4) is 0 Å². The molecule has 3 amide bonds. The number of hydrogen-bond donors (Lipinski definition) is 2. The molecule has 186 valence electrons. The molecule has 10 heteroatoms. The Morgan fingerprint density at radius 2 is 1.71 bits per heavy atom. The van der Waals surface area contributed by atoms with Crippen molar-refractivity contribution in [3.63, 3.8) is 0 Å². The normalized spacial score (nSPS) is 17.6. The Balaban J connectivity index is 2.04.